The zero-order chi connectivity index (χ0) is 14.4. The van der Waals surface area contributed by atoms with Crippen molar-refractivity contribution in [2.45, 2.75) is 51.7 Å². The SMILES string of the molecule is CCNc1ccc(COC2CCCCC2)cc1[N+](=O)[O-]. The molecule has 0 spiro atoms. The van der Waals surface area contributed by atoms with Gasteiger partial charge in [-0.05, 0) is 31.4 Å². The fourth-order valence-corrected chi connectivity index (χ4v) is 2.60. The van der Waals surface area contributed by atoms with Crippen LogP contribution in [0, 0.1) is 10.1 Å². The van der Waals surface area contributed by atoms with Crippen LogP contribution in [0.3, 0.4) is 0 Å². The van der Waals surface area contributed by atoms with E-state index in [9.17, 15) is 10.1 Å². The molecule has 0 amide bonds. The van der Waals surface area contributed by atoms with Gasteiger partial charge in [-0.2, -0.15) is 0 Å². The van der Waals surface area contributed by atoms with Gasteiger partial charge in [0.1, 0.15) is 5.69 Å². The van der Waals surface area contributed by atoms with E-state index in [0.717, 1.165) is 18.4 Å². The zero-order valence-corrected chi connectivity index (χ0v) is 11.9. The topological polar surface area (TPSA) is 64.4 Å². The lowest BCUT2D eigenvalue weighted by molar-refractivity contribution is -0.384. The number of anilines is 1. The van der Waals surface area contributed by atoms with Crippen LogP contribution >= 0.6 is 0 Å². The summed E-state index contributed by atoms with van der Waals surface area (Å²) >= 11 is 0. The van der Waals surface area contributed by atoms with Crippen molar-refractivity contribution in [2.75, 3.05) is 11.9 Å². The molecule has 1 aromatic carbocycles. The normalized spacial score (nSPS) is 16.1. The van der Waals surface area contributed by atoms with Crippen molar-refractivity contribution in [2.24, 2.45) is 0 Å². The first-order chi connectivity index (χ1) is 9.70. The van der Waals surface area contributed by atoms with Crippen LogP contribution in [0.2, 0.25) is 0 Å². The van der Waals surface area contributed by atoms with Crippen LogP contribution in [-0.4, -0.2) is 17.6 Å². The lowest BCUT2D eigenvalue weighted by atomic mass is 9.98. The third kappa shape index (κ3) is 3.93. The van der Waals surface area contributed by atoms with Gasteiger partial charge in [-0.15, -0.1) is 0 Å². The van der Waals surface area contributed by atoms with Crippen LogP contribution in [0.4, 0.5) is 11.4 Å². The van der Waals surface area contributed by atoms with Crippen molar-refractivity contribution in [1.82, 2.24) is 0 Å². The fourth-order valence-electron chi connectivity index (χ4n) is 2.60. The number of benzene rings is 1. The number of rotatable bonds is 6. The maximum atomic E-state index is 11.1. The van der Waals surface area contributed by atoms with Crippen LogP contribution in [0.15, 0.2) is 18.2 Å². The average molecular weight is 278 g/mol. The average Bonchev–Trinajstić information content (AvgIpc) is 2.47. The number of ether oxygens (including phenoxy) is 1. The monoisotopic (exact) mass is 278 g/mol. The Balaban J connectivity index is 2.00. The number of hydrogen-bond donors (Lipinski definition) is 1. The number of nitro benzene ring substituents is 1. The van der Waals surface area contributed by atoms with Gasteiger partial charge in [0.05, 0.1) is 17.6 Å². The molecule has 0 aromatic heterocycles. The Kier molecular flexibility index (Phi) is 5.35. The Bertz CT molecular complexity index is 456. The second-order valence-electron chi connectivity index (χ2n) is 5.21. The minimum atomic E-state index is -0.345. The highest BCUT2D eigenvalue weighted by molar-refractivity contribution is 5.62. The molecule has 1 aliphatic carbocycles. The third-order valence-corrected chi connectivity index (χ3v) is 3.66. The van der Waals surface area contributed by atoms with Gasteiger partial charge >= 0.3 is 0 Å². The minimum absolute atomic E-state index is 0.122. The van der Waals surface area contributed by atoms with Gasteiger partial charge < -0.3 is 10.1 Å². The van der Waals surface area contributed by atoms with E-state index in [-0.39, 0.29) is 10.6 Å². The molecular weight excluding hydrogens is 256 g/mol. The van der Waals surface area contributed by atoms with E-state index in [1.807, 2.05) is 13.0 Å². The number of nitrogens with zero attached hydrogens (tertiary/aromatic N) is 1. The summed E-state index contributed by atoms with van der Waals surface area (Å²) in [4.78, 5) is 10.7. The number of nitrogens with one attached hydrogen (secondary N) is 1. The van der Waals surface area contributed by atoms with Crippen molar-refractivity contribution in [3.05, 3.63) is 33.9 Å². The van der Waals surface area contributed by atoms with E-state index in [1.165, 1.54) is 19.3 Å². The molecule has 0 unspecified atom stereocenters. The molecule has 0 bridgehead atoms. The fraction of sp³-hybridized carbons (Fsp3) is 0.600. The summed E-state index contributed by atoms with van der Waals surface area (Å²) < 4.78 is 5.86. The minimum Gasteiger partial charge on any atom is -0.380 e. The molecule has 2 rings (SSSR count). The highest BCUT2D eigenvalue weighted by Gasteiger charge is 2.16. The Morgan fingerprint density at radius 1 is 1.35 bits per heavy atom. The molecule has 1 saturated carbocycles. The molecule has 1 aromatic rings. The zero-order valence-electron chi connectivity index (χ0n) is 11.9. The summed E-state index contributed by atoms with van der Waals surface area (Å²) in [5.74, 6) is 0. The standard InChI is InChI=1S/C15H22N2O3/c1-2-16-14-9-8-12(10-15(14)17(18)19)11-20-13-6-4-3-5-7-13/h8-10,13,16H,2-7,11H2,1H3. The molecule has 5 heteroatoms. The van der Waals surface area contributed by atoms with Gasteiger partial charge in [-0.3, -0.25) is 10.1 Å². The predicted octanol–water partition coefficient (Wildman–Crippen LogP) is 3.88. The second kappa shape index (κ2) is 7.24. The van der Waals surface area contributed by atoms with E-state index >= 15 is 0 Å². The van der Waals surface area contributed by atoms with Gasteiger partial charge in [-0.25, -0.2) is 0 Å². The Labute approximate surface area is 119 Å². The van der Waals surface area contributed by atoms with Gasteiger partial charge in [0.25, 0.3) is 5.69 Å². The molecule has 1 fully saturated rings. The van der Waals surface area contributed by atoms with Crippen molar-refractivity contribution >= 4 is 11.4 Å². The molecule has 0 aliphatic heterocycles. The van der Waals surface area contributed by atoms with E-state index in [0.29, 0.717) is 24.9 Å². The first-order valence-electron chi connectivity index (χ1n) is 7.33. The highest BCUT2D eigenvalue weighted by Crippen LogP contribution is 2.27. The molecule has 1 aliphatic rings. The van der Waals surface area contributed by atoms with Gasteiger partial charge in [0, 0.05) is 12.6 Å². The lowest BCUT2D eigenvalue weighted by Crippen LogP contribution is -2.16. The van der Waals surface area contributed by atoms with E-state index in [4.69, 9.17) is 4.74 Å². The summed E-state index contributed by atoms with van der Waals surface area (Å²) in [5, 5.41) is 14.1. The van der Waals surface area contributed by atoms with Crippen molar-refractivity contribution in [1.29, 1.82) is 0 Å². The van der Waals surface area contributed by atoms with E-state index in [2.05, 4.69) is 5.32 Å². The molecule has 1 N–H and O–H groups in total. The van der Waals surface area contributed by atoms with Gasteiger partial charge in [-0.1, -0.05) is 25.3 Å². The second-order valence-corrected chi connectivity index (χ2v) is 5.21. The first-order valence-corrected chi connectivity index (χ1v) is 7.33. The van der Waals surface area contributed by atoms with Crippen LogP contribution in [0.5, 0.6) is 0 Å². The maximum Gasteiger partial charge on any atom is 0.292 e. The van der Waals surface area contributed by atoms with Gasteiger partial charge in [0.2, 0.25) is 0 Å². The Morgan fingerprint density at radius 2 is 2.10 bits per heavy atom. The molecule has 5 nitrogen and oxygen atoms in total. The quantitative estimate of drug-likeness (QED) is 0.633. The van der Waals surface area contributed by atoms with E-state index in [1.54, 1.807) is 12.1 Å². The van der Waals surface area contributed by atoms with Crippen molar-refractivity contribution < 1.29 is 9.66 Å². The smallest absolute Gasteiger partial charge is 0.292 e. The molecule has 0 atom stereocenters. The summed E-state index contributed by atoms with van der Waals surface area (Å²) in [6.07, 6.45) is 6.28. The third-order valence-electron chi connectivity index (χ3n) is 3.66. The van der Waals surface area contributed by atoms with Crippen molar-refractivity contribution in [3.63, 3.8) is 0 Å². The summed E-state index contributed by atoms with van der Waals surface area (Å²) in [6, 6.07) is 5.27. The summed E-state index contributed by atoms with van der Waals surface area (Å²) in [7, 11) is 0. The molecule has 110 valence electrons. The van der Waals surface area contributed by atoms with Gasteiger partial charge in [0.15, 0.2) is 0 Å². The Morgan fingerprint density at radius 3 is 2.75 bits per heavy atom. The predicted molar refractivity (Wildman–Crippen MR) is 78.9 cm³/mol. The molecule has 20 heavy (non-hydrogen) atoms. The largest absolute Gasteiger partial charge is 0.380 e. The van der Waals surface area contributed by atoms with Crippen LogP contribution in [0.25, 0.3) is 0 Å². The van der Waals surface area contributed by atoms with E-state index < -0.39 is 0 Å². The lowest BCUT2D eigenvalue weighted by Gasteiger charge is -2.22. The molecule has 0 radical (unpaired) electrons. The van der Waals surface area contributed by atoms with Crippen LogP contribution in [0.1, 0.15) is 44.6 Å². The maximum absolute atomic E-state index is 11.1. The molecule has 0 saturated heterocycles. The summed E-state index contributed by atoms with van der Waals surface area (Å²) in [6.45, 7) is 3.04. The first kappa shape index (κ1) is 14.8. The molecule has 0 heterocycles. The van der Waals surface area contributed by atoms with Crippen molar-refractivity contribution in [3.8, 4) is 0 Å². The van der Waals surface area contributed by atoms with Crippen LogP contribution in [-0.2, 0) is 11.3 Å². The Hall–Kier alpha value is -1.62. The highest BCUT2D eigenvalue weighted by atomic mass is 16.6. The number of hydrogen-bond acceptors (Lipinski definition) is 4. The van der Waals surface area contributed by atoms with Crippen LogP contribution < -0.4 is 5.32 Å². The summed E-state index contributed by atoms with van der Waals surface area (Å²) in [5.41, 5.74) is 1.56. The number of nitro groups is 1. The molecular formula is C15H22N2O3.